The van der Waals surface area contributed by atoms with Gasteiger partial charge in [-0.15, -0.1) is 0 Å². The van der Waals surface area contributed by atoms with Gasteiger partial charge in [-0.3, -0.25) is 14.5 Å². The fourth-order valence-corrected chi connectivity index (χ4v) is 3.91. The number of nitrogens with zero attached hydrogens (tertiary/aromatic N) is 1. The summed E-state index contributed by atoms with van der Waals surface area (Å²) in [5.41, 5.74) is 1.78. The second kappa shape index (κ2) is 10.1. The summed E-state index contributed by atoms with van der Waals surface area (Å²) in [5, 5.41) is 5.89. The average Bonchev–Trinajstić information content (AvgIpc) is 3.35. The average molecular weight is 418 g/mol. The molecule has 0 aliphatic carbocycles. The zero-order valence-corrected chi connectivity index (χ0v) is 17.4. The zero-order valence-electron chi connectivity index (χ0n) is 17.4. The molecule has 0 saturated carbocycles. The van der Waals surface area contributed by atoms with Crippen molar-refractivity contribution in [2.24, 2.45) is 0 Å². The maximum atomic E-state index is 12.7. The molecule has 0 spiro atoms. The molecule has 2 heterocycles. The van der Waals surface area contributed by atoms with Gasteiger partial charge in [-0.05, 0) is 74.5 Å². The molecule has 1 aromatic heterocycles. The van der Waals surface area contributed by atoms with Crippen LogP contribution in [0.3, 0.4) is 0 Å². The van der Waals surface area contributed by atoms with Gasteiger partial charge in [0.25, 0.3) is 11.8 Å². The van der Waals surface area contributed by atoms with Gasteiger partial charge in [-0.1, -0.05) is 24.6 Å². The lowest BCUT2D eigenvalue weighted by Gasteiger charge is -2.33. The van der Waals surface area contributed by atoms with Crippen LogP contribution in [0.1, 0.15) is 51.8 Å². The number of furan rings is 1. The minimum atomic E-state index is -0.180. The van der Waals surface area contributed by atoms with Gasteiger partial charge in [0, 0.05) is 23.4 Å². The van der Waals surface area contributed by atoms with E-state index in [0.29, 0.717) is 23.4 Å². The quantitative estimate of drug-likeness (QED) is 0.594. The molecule has 1 atom stereocenters. The lowest BCUT2D eigenvalue weighted by atomic mass is 10.1. The lowest BCUT2D eigenvalue weighted by molar-refractivity contribution is 0.0913. The summed E-state index contributed by atoms with van der Waals surface area (Å²) in [6, 6.07) is 19.8. The summed E-state index contributed by atoms with van der Waals surface area (Å²) in [7, 11) is 0. The highest BCUT2D eigenvalue weighted by atomic mass is 16.3. The third-order valence-corrected chi connectivity index (χ3v) is 5.60. The van der Waals surface area contributed by atoms with E-state index in [1.165, 1.54) is 19.3 Å². The SMILES string of the molecule is O=C(NC[C@@H](c1ccco1)N1CCCCC1)c1ccc(NC(=O)c2ccccc2)cc1. The van der Waals surface area contributed by atoms with Crippen molar-refractivity contribution in [1.29, 1.82) is 0 Å². The molecule has 6 heteroatoms. The van der Waals surface area contributed by atoms with E-state index in [1.54, 1.807) is 42.7 Å². The number of benzene rings is 2. The molecular weight excluding hydrogens is 390 g/mol. The van der Waals surface area contributed by atoms with E-state index in [1.807, 2.05) is 30.3 Å². The Morgan fingerprint density at radius 1 is 0.839 bits per heavy atom. The fraction of sp³-hybridized carbons (Fsp3) is 0.280. The van der Waals surface area contributed by atoms with Crippen LogP contribution in [-0.4, -0.2) is 36.3 Å². The van der Waals surface area contributed by atoms with Crippen molar-refractivity contribution in [2.75, 3.05) is 25.0 Å². The Labute approximate surface area is 182 Å². The minimum absolute atomic E-state index is 0.0312. The van der Waals surface area contributed by atoms with Gasteiger partial charge in [-0.25, -0.2) is 0 Å². The normalized spacial score (nSPS) is 15.2. The number of hydrogen-bond donors (Lipinski definition) is 2. The lowest BCUT2D eigenvalue weighted by Crippen LogP contribution is -2.40. The Bertz CT molecular complexity index is 979. The van der Waals surface area contributed by atoms with Crippen molar-refractivity contribution >= 4 is 17.5 Å². The Hall–Kier alpha value is -3.38. The smallest absolute Gasteiger partial charge is 0.255 e. The molecular formula is C25H27N3O3. The molecule has 31 heavy (non-hydrogen) atoms. The first kappa shape index (κ1) is 20.9. The fourth-order valence-electron chi connectivity index (χ4n) is 3.91. The zero-order chi connectivity index (χ0) is 21.5. The van der Waals surface area contributed by atoms with Crippen LogP contribution in [0.5, 0.6) is 0 Å². The highest BCUT2D eigenvalue weighted by Crippen LogP contribution is 2.24. The Kier molecular flexibility index (Phi) is 6.79. The third-order valence-electron chi connectivity index (χ3n) is 5.60. The van der Waals surface area contributed by atoms with Crippen LogP contribution >= 0.6 is 0 Å². The Morgan fingerprint density at radius 2 is 1.55 bits per heavy atom. The van der Waals surface area contributed by atoms with Gasteiger partial charge in [0.1, 0.15) is 5.76 Å². The van der Waals surface area contributed by atoms with Crippen LogP contribution in [-0.2, 0) is 0 Å². The number of hydrogen-bond acceptors (Lipinski definition) is 4. The van der Waals surface area contributed by atoms with Crippen LogP contribution < -0.4 is 10.6 Å². The molecule has 2 N–H and O–H groups in total. The maximum absolute atomic E-state index is 12.7. The molecule has 0 radical (unpaired) electrons. The second-order valence-corrected chi connectivity index (χ2v) is 7.74. The van der Waals surface area contributed by atoms with Crippen LogP contribution in [0, 0.1) is 0 Å². The third kappa shape index (κ3) is 5.41. The molecule has 1 aliphatic heterocycles. The van der Waals surface area contributed by atoms with Crippen molar-refractivity contribution in [2.45, 2.75) is 25.3 Å². The van der Waals surface area contributed by atoms with Crippen LogP contribution in [0.4, 0.5) is 5.69 Å². The van der Waals surface area contributed by atoms with E-state index >= 15 is 0 Å². The van der Waals surface area contributed by atoms with Crippen LogP contribution in [0.25, 0.3) is 0 Å². The minimum Gasteiger partial charge on any atom is -0.468 e. The molecule has 160 valence electrons. The van der Waals surface area contributed by atoms with Crippen molar-refractivity contribution < 1.29 is 14.0 Å². The second-order valence-electron chi connectivity index (χ2n) is 7.74. The predicted octanol–water partition coefficient (Wildman–Crippen LogP) is 4.49. The van der Waals surface area contributed by atoms with E-state index in [2.05, 4.69) is 15.5 Å². The molecule has 2 aromatic carbocycles. The van der Waals surface area contributed by atoms with Crippen molar-refractivity contribution in [1.82, 2.24) is 10.2 Å². The first-order valence-electron chi connectivity index (χ1n) is 10.7. The molecule has 1 aliphatic rings. The first-order valence-corrected chi connectivity index (χ1v) is 10.7. The summed E-state index contributed by atoms with van der Waals surface area (Å²) < 4.78 is 5.64. The number of amides is 2. The summed E-state index contributed by atoms with van der Waals surface area (Å²) >= 11 is 0. The number of piperidine rings is 1. The van der Waals surface area contributed by atoms with Crippen LogP contribution in [0.2, 0.25) is 0 Å². The van der Waals surface area contributed by atoms with Crippen molar-refractivity contribution in [3.05, 3.63) is 89.9 Å². The number of anilines is 1. The van der Waals surface area contributed by atoms with Gasteiger partial charge in [0.2, 0.25) is 0 Å². The highest BCUT2D eigenvalue weighted by molar-refractivity contribution is 6.04. The van der Waals surface area contributed by atoms with Gasteiger partial charge in [0.15, 0.2) is 0 Å². The number of carbonyl (C=O) groups excluding carboxylic acids is 2. The monoisotopic (exact) mass is 417 g/mol. The topological polar surface area (TPSA) is 74.6 Å². The largest absolute Gasteiger partial charge is 0.468 e. The van der Waals surface area contributed by atoms with E-state index in [9.17, 15) is 9.59 Å². The van der Waals surface area contributed by atoms with E-state index in [-0.39, 0.29) is 17.9 Å². The van der Waals surface area contributed by atoms with Crippen molar-refractivity contribution in [3.63, 3.8) is 0 Å². The van der Waals surface area contributed by atoms with Gasteiger partial charge >= 0.3 is 0 Å². The summed E-state index contributed by atoms with van der Waals surface area (Å²) in [6.45, 7) is 2.51. The van der Waals surface area contributed by atoms with E-state index < -0.39 is 0 Å². The molecule has 0 bridgehead atoms. The maximum Gasteiger partial charge on any atom is 0.255 e. The standard InChI is InChI=1S/C25H27N3O3/c29-24(26-18-22(23-10-7-17-31-23)28-15-5-2-6-16-28)20-11-13-21(14-12-20)27-25(30)19-8-3-1-4-9-19/h1,3-4,7-14,17,22H,2,5-6,15-16,18H2,(H,26,29)(H,27,30)/t22-/m0/s1. The number of carbonyl (C=O) groups is 2. The Balaban J connectivity index is 1.36. The highest BCUT2D eigenvalue weighted by Gasteiger charge is 2.25. The summed E-state index contributed by atoms with van der Waals surface area (Å²) in [5.74, 6) is 0.552. The van der Waals surface area contributed by atoms with E-state index in [4.69, 9.17) is 4.42 Å². The molecule has 1 fully saturated rings. The van der Waals surface area contributed by atoms with Crippen LogP contribution in [0.15, 0.2) is 77.4 Å². The molecule has 6 nitrogen and oxygen atoms in total. The number of nitrogens with one attached hydrogen (secondary N) is 2. The van der Waals surface area contributed by atoms with Crippen molar-refractivity contribution in [3.8, 4) is 0 Å². The summed E-state index contributed by atoms with van der Waals surface area (Å²) in [4.78, 5) is 27.4. The Morgan fingerprint density at radius 3 is 2.23 bits per heavy atom. The molecule has 4 rings (SSSR count). The molecule has 1 saturated heterocycles. The predicted molar refractivity (Wildman–Crippen MR) is 120 cm³/mol. The molecule has 3 aromatic rings. The first-order chi connectivity index (χ1) is 15.2. The number of rotatable bonds is 7. The van der Waals surface area contributed by atoms with Gasteiger partial charge in [-0.2, -0.15) is 0 Å². The van der Waals surface area contributed by atoms with Gasteiger partial charge < -0.3 is 15.1 Å². The summed E-state index contributed by atoms with van der Waals surface area (Å²) in [6.07, 6.45) is 5.26. The van der Waals surface area contributed by atoms with E-state index in [0.717, 1.165) is 18.8 Å². The molecule has 0 unspecified atom stereocenters. The van der Waals surface area contributed by atoms with Gasteiger partial charge in [0.05, 0.1) is 12.3 Å². The number of likely N-dealkylation sites (tertiary alicyclic amines) is 1. The molecule has 2 amide bonds.